The molecule has 1 fully saturated rings. The molecule has 0 radical (unpaired) electrons. The Bertz CT molecular complexity index is 1060. The topological polar surface area (TPSA) is 69.6 Å². The van der Waals surface area contributed by atoms with Crippen LogP contribution < -0.4 is 10.0 Å². The minimum absolute atomic E-state index is 0.131. The van der Waals surface area contributed by atoms with Crippen LogP contribution >= 0.6 is 12.1 Å². The number of hydrogen-bond donors (Lipinski definition) is 2. The quantitative estimate of drug-likeness (QED) is 0.513. The summed E-state index contributed by atoms with van der Waals surface area (Å²) >= 11 is 1.59. The van der Waals surface area contributed by atoms with E-state index in [-0.39, 0.29) is 5.91 Å². The number of allylic oxidation sites excluding steroid dienone is 1. The van der Waals surface area contributed by atoms with Gasteiger partial charge in [-0.05, 0) is 60.7 Å². The minimum Gasteiger partial charge on any atom is -0.307 e. The summed E-state index contributed by atoms with van der Waals surface area (Å²) in [4.78, 5) is 21.3. The van der Waals surface area contributed by atoms with Crippen molar-refractivity contribution in [3.8, 4) is 0 Å². The van der Waals surface area contributed by atoms with Crippen LogP contribution in [0.3, 0.4) is 0 Å². The number of hydrogen-bond acceptors (Lipinski definition) is 6. The average molecular weight is 432 g/mol. The second kappa shape index (κ2) is 10.3. The molecule has 2 N–H and O–H groups in total. The number of nitrogens with one attached hydrogen (secondary N) is 2. The Hall–Kier alpha value is -3.08. The van der Waals surface area contributed by atoms with Gasteiger partial charge in [0, 0.05) is 43.1 Å². The fourth-order valence-electron chi connectivity index (χ4n) is 3.56. The van der Waals surface area contributed by atoms with Crippen LogP contribution in [0.15, 0.2) is 76.9 Å². The highest BCUT2D eigenvalue weighted by atomic mass is 32.2. The lowest BCUT2D eigenvalue weighted by molar-refractivity contribution is 0.102. The molecule has 0 saturated carbocycles. The van der Waals surface area contributed by atoms with Gasteiger partial charge in [0.2, 0.25) is 0 Å². The van der Waals surface area contributed by atoms with Crippen molar-refractivity contribution in [3.05, 3.63) is 83.0 Å². The number of nitrogens with zero attached hydrogens (tertiary/aromatic N) is 3. The summed E-state index contributed by atoms with van der Waals surface area (Å²) < 4.78 is 5.63. The summed E-state index contributed by atoms with van der Waals surface area (Å²) in [5.41, 5.74) is 8.82. The van der Waals surface area contributed by atoms with Crippen molar-refractivity contribution in [1.29, 1.82) is 0 Å². The van der Waals surface area contributed by atoms with E-state index in [9.17, 15) is 4.79 Å². The van der Waals surface area contributed by atoms with E-state index in [1.807, 2.05) is 36.4 Å². The molecule has 2 aliphatic heterocycles. The van der Waals surface area contributed by atoms with Crippen LogP contribution in [-0.2, 0) is 0 Å². The predicted molar refractivity (Wildman–Crippen MR) is 126 cm³/mol. The number of aliphatic imine (C=N–C) groups is 1. The van der Waals surface area contributed by atoms with Gasteiger partial charge < -0.3 is 10.0 Å². The number of amides is 1. The lowest BCUT2D eigenvalue weighted by Gasteiger charge is -2.31. The average Bonchev–Trinajstić information content (AvgIpc) is 2.84. The third kappa shape index (κ3) is 5.75. The van der Waals surface area contributed by atoms with E-state index >= 15 is 0 Å². The zero-order valence-electron chi connectivity index (χ0n) is 17.5. The zero-order chi connectivity index (χ0) is 21.5. The fourth-order valence-corrected chi connectivity index (χ4v) is 4.28. The maximum atomic E-state index is 12.6. The first-order valence-corrected chi connectivity index (χ1v) is 11.3. The summed E-state index contributed by atoms with van der Waals surface area (Å²) in [7, 11) is 0. The summed E-state index contributed by atoms with van der Waals surface area (Å²) in [5.74, 6) is 1.69. The number of piperidine rings is 1. The Balaban J connectivity index is 1.29. The predicted octanol–water partition coefficient (Wildman–Crippen LogP) is 4.68. The molecular weight excluding hydrogens is 406 g/mol. The highest BCUT2D eigenvalue weighted by molar-refractivity contribution is 7.95. The molecule has 0 spiro atoms. The molecule has 1 saturated heterocycles. The minimum atomic E-state index is -0.131. The van der Waals surface area contributed by atoms with Gasteiger partial charge in [0.05, 0.1) is 5.70 Å². The van der Waals surface area contributed by atoms with Gasteiger partial charge in [0.1, 0.15) is 11.7 Å². The lowest BCUT2D eigenvalue weighted by atomic mass is 9.89. The van der Waals surface area contributed by atoms with Crippen LogP contribution in [0.1, 0.15) is 48.0 Å². The molecule has 31 heavy (non-hydrogen) atoms. The molecule has 1 amide bonds. The molecule has 7 heteroatoms. The van der Waals surface area contributed by atoms with Crippen LogP contribution in [0, 0.1) is 0 Å². The van der Waals surface area contributed by atoms with Gasteiger partial charge >= 0.3 is 0 Å². The Kier molecular flexibility index (Phi) is 7.03. The van der Waals surface area contributed by atoms with Crippen molar-refractivity contribution < 1.29 is 4.79 Å². The monoisotopic (exact) mass is 431 g/mol. The molecule has 4 rings (SSSR count). The molecule has 0 unspecified atom stereocenters. The van der Waals surface area contributed by atoms with E-state index in [2.05, 4.69) is 48.8 Å². The largest absolute Gasteiger partial charge is 0.307 e. The van der Waals surface area contributed by atoms with Gasteiger partial charge in [0.25, 0.3) is 5.91 Å². The number of benzene rings is 1. The molecule has 3 heterocycles. The number of rotatable bonds is 6. The van der Waals surface area contributed by atoms with Crippen LogP contribution in [-0.4, -0.2) is 34.1 Å². The van der Waals surface area contributed by atoms with E-state index in [1.54, 1.807) is 24.4 Å². The SMILES string of the molecule is CCC1=C=C=CC(NSN2CCC(c3cccc(C(=O)Nc4ccccn4)c3)CC2)=N1. The molecule has 158 valence electrons. The molecule has 2 aliphatic rings. The standard InChI is InChI=1S/C24H25N5OS/c1-2-21-9-6-11-23(26-21)28-31-29-15-12-18(13-16-29)19-7-5-8-20(17-19)24(30)27-22-10-3-4-14-25-22/h3-5,7-8,10-11,14,17-18H,2,12-13,15-16H2,1H3,(H,26,28)(H,25,27,30). The maximum Gasteiger partial charge on any atom is 0.256 e. The Morgan fingerprint density at radius 3 is 2.87 bits per heavy atom. The van der Waals surface area contributed by atoms with Crippen LogP contribution in [0.4, 0.5) is 5.82 Å². The third-order valence-electron chi connectivity index (χ3n) is 5.28. The van der Waals surface area contributed by atoms with E-state index < -0.39 is 0 Å². The summed E-state index contributed by atoms with van der Waals surface area (Å²) in [5, 5.41) is 2.86. The summed E-state index contributed by atoms with van der Waals surface area (Å²) in [6.07, 6.45) is 6.42. The second-order valence-corrected chi connectivity index (χ2v) is 8.31. The highest BCUT2D eigenvalue weighted by Gasteiger charge is 2.22. The maximum absolute atomic E-state index is 12.6. The van der Waals surface area contributed by atoms with Crippen molar-refractivity contribution in [2.24, 2.45) is 4.99 Å². The van der Waals surface area contributed by atoms with Gasteiger partial charge in [0.15, 0.2) is 0 Å². The normalized spacial score (nSPS) is 16.5. The first-order chi connectivity index (χ1) is 15.2. The smallest absolute Gasteiger partial charge is 0.256 e. The second-order valence-electron chi connectivity index (χ2n) is 7.40. The summed E-state index contributed by atoms with van der Waals surface area (Å²) in [6.45, 7) is 4.00. The number of carbonyl (C=O) groups is 1. The van der Waals surface area contributed by atoms with Crippen molar-refractivity contribution in [2.75, 3.05) is 18.4 Å². The van der Waals surface area contributed by atoms with Crippen molar-refractivity contribution >= 4 is 29.7 Å². The van der Waals surface area contributed by atoms with E-state index in [1.165, 1.54) is 5.56 Å². The first-order valence-electron chi connectivity index (χ1n) is 10.5. The summed E-state index contributed by atoms with van der Waals surface area (Å²) in [6, 6.07) is 13.4. The number of amidine groups is 1. The Morgan fingerprint density at radius 1 is 1.23 bits per heavy atom. The highest BCUT2D eigenvalue weighted by Crippen LogP contribution is 2.30. The molecule has 1 aromatic carbocycles. The number of pyridine rings is 1. The zero-order valence-corrected chi connectivity index (χ0v) is 18.3. The molecule has 0 aliphatic carbocycles. The van der Waals surface area contributed by atoms with Gasteiger partial charge in [-0.25, -0.2) is 14.3 Å². The molecule has 0 atom stereocenters. The van der Waals surface area contributed by atoms with E-state index in [0.29, 0.717) is 17.3 Å². The molecule has 1 aromatic heterocycles. The molecule has 6 nitrogen and oxygen atoms in total. The van der Waals surface area contributed by atoms with Crippen molar-refractivity contribution in [2.45, 2.75) is 32.1 Å². The molecule has 2 aromatic rings. The number of carbonyl (C=O) groups excluding carboxylic acids is 1. The van der Waals surface area contributed by atoms with Crippen LogP contribution in [0.5, 0.6) is 0 Å². The number of anilines is 1. The van der Waals surface area contributed by atoms with Gasteiger partial charge in [-0.15, -0.1) is 0 Å². The van der Waals surface area contributed by atoms with E-state index in [0.717, 1.165) is 43.9 Å². The Labute approximate surface area is 187 Å². The number of aromatic nitrogens is 1. The third-order valence-corrected chi connectivity index (χ3v) is 6.20. The molecular formula is C24H25N5OS. The Morgan fingerprint density at radius 2 is 2.10 bits per heavy atom. The van der Waals surface area contributed by atoms with E-state index in [4.69, 9.17) is 0 Å². The van der Waals surface area contributed by atoms with Crippen molar-refractivity contribution in [3.63, 3.8) is 0 Å². The van der Waals surface area contributed by atoms with Gasteiger partial charge in [-0.1, -0.05) is 30.9 Å². The first kappa shape index (κ1) is 21.2. The fraction of sp³-hybridized carbons (Fsp3) is 0.292. The van der Waals surface area contributed by atoms with Crippen LogP contribution in [0.2, 0.25) is 0 Å². The lowest BCUT2D eigenvalue weighted by Crippen LogP contribution is -2.31. The van der Waals surface area contributed by atoms with Crippen molar-refractivity contribution in [1.82, 2.24) is 14.0 Å². The van der Waals surface area contributed by atoms with Gasteiger partial charge in [-0.2, -0.15) is 0 Å². The van der Waals surface area contributed by atoms with Gasteiger partial charge in [-0.3, -0.25) is 4.79 Å². The van der Waals surface area contributed by atoms with Crippen LogP contribution in [0.25, 0.3) is 0 Å². The molecule has 0 bridgehead atoms.